The predicted molar refractivity (Wildman–Crippen MR) is 519 cm³/mol. The number of benzene rings is 9. The Morgan fingerprint density at radius 1 is 0.460 bits per heavy atom. The number of halogens is 11. The summed E-state index contributed by atoms with van der Waals surface area (Å²) in [5, 5.41) is 22.7. The van der Waals surface area contributed by atoms with Crippen LogP contribution in [0.5, 0.6) is 11.5 Å². The van der Waals surface area contributed by atoms with Gasteiger partial charge in [0.05, 0.1) is 68.8 Å². The topological polar surface area (TPSA) is 368 Å². The first-order chi connectivity index (χ1) is 64.8. The Kier molecular flexibility index (Phi) is 42.2. The molecule has 4 amide bonds. The second kappa shape index (κ2) is 52.5. The molecule has 0 spiro atoms. The Morgan fingerprint density at radius 2 is 0.796 bits per heavy atom. The van der Waals surface area contributed by atoms with Crippen molar-refractivity contribution in [1.82, 2.24) is 40.0 Å². The molecule has 0 saturated heterocycles. The molecule has 24 nitrogen and oxygen atoms in total. The van der Waals surface area contributed by atoms with Crippen LogP contribution < -0.4 is 40.7 Å². The summed E-state index contributed by atoms with van der Waals surface area (Å²) in [7, 11) is -14.7. The minimum atomic E-state index is -4.19. The fraction of sp³-hybridized carbons (Fsp3) is 0.206. The molecule has 4 heterocycles. The summed E-state index contributed by atoms with van der Waals surface area (Å²) in [6, 6.07) is 55.5. The minimum Gasteiger partial charge on any atom is -0.494 e. The highest BCUT2D eigenvalue weighted by Gasteiger charge is 2.30. The van der Waals surface area contributed by atoms with Gasteiger partial charge in [0.2, 0.25) is 0 Å². The van der Waals surface area contributed by atoms with Crippen molar-refractivity contribution in [3.8, 4) is 22.6 Å². The highest BCUT2D eigenvalue weighted by atomic mass is 79.9. The van der Waals surface area contributed by atoms with Crippen LogP contribution in [-0.4, -0.2) is 108 Å². The molecule has 0 saturated carbocycles. The van der Waals surface area contributed by atoms with Crippen LogP contribution in [0.2, 0.25) is 0 Å². The molecule has 0 aliphatic carbocycles. The van der Waals surface area contributed by atoms with E-state index in [9.17, 15) is 79.0 Å². The zero-order valence-electron chi connectivity index (χ0n) is 74.6. The molecule has 4 aromatic heterocycles. The summed E-state index contributed by atoms with van der Waals surface area (Å²) in [6.45, 7) is 15.5. The van der Waals surface area contributed by atoms with Crippen molar-refractivity contribution < 1.29 is 98.5 Å². The summed E-state index contributed by atoms with van der Waals surface area (Å²) in [4.78, 5) is 52.6. The molecule has 0 aliphatic heterocycles. The van der Waals surface area contributed by atoms with Crippen LogP contribution in [0.1, 0.15) is 120 Å². The van der Waals surface area contributed by atoms with Crippen LogP contribution >= 0.6 is 47.8 Å². The van der Waals surface area contributed by atoms with Crippen LogP contribution in [0.3, 0.4) is 0 Å². The molecular formula is C97H94BBr3F8N10O14S4. The van der Waals surface area contributed by atoms with Gasteiger partial charge in [0.1, 0.15) is 58.0 Å². The second-order valence-corrected chi connectivity index (χ2v) is 40.6. The monoisotopic (exact) mass is 2150 g/mol. The number of nitrogens with zero attached hydrogens (tertiary/aromatic N) is 5. The molecule has 0 bridgehead atoms. The molecule has 9 aromatic carbocycles. The standard InChI is InChI=1S/C29H27F2N3O4S.C21H18BrF2N3O3S.C18H20BrF2NOS.C13H11BrF2N2.C8H11BO3.C8H7NO3S/c1-3-38-24-12-10-21(11-13-24)25-8-6-14-32-28(25)26(17-20-15-22(30)18-23(31)16-20)33-29(35)34-39(36,37)27-9-5-4-7-19(27)2;1-13-5-2-3-7-19(13)31(29,30)27-21(28)26-18(20-17(22)6-4-8-25-20)11-14-9-15(23)12-16(24)10-14;1-18(2,3)24(23)11-13(17-16(19)5-4-6-22-17)7-12-8-14(20)10-15(21)9-12;14-11-2-1-3-18-13(11)12(17)6-8-4-9(15)7-10(16)5-8;1-2-12-8-5-3-7(4-6-8)9(10)11;1-7-4-2-3-5-8(7)13(11,12)9-6-10/h4-16,18,26H,3,17H2,1-2H3,(H2,33,34,35);2-10,12,18H,11H2,1H3,(H2,26,27,28);4-6,8-10,13H,7,11H2,1-3H3;1-5,7,12H,6,17H2;3-6,10-11H,2H2,1H3;2-5H,1H3/t26-;18-;13-,24+;12-;;/m0010../s1. The molecule has 720 valence electrons. The lowest BCUT2D eigenvalue weighted by Crippen LogP contribution is -2.42. The fourth-order valence-electron chi connectivity index (χ4n) is 13.3. The van der Waals surface area contributed by atoms with E-state index >= 15 is 0 Å². The van der Waals surface area contributed by atoms with Crippen LogP contribution in [0.15, 0.2) is 300 Å². The Balaban J connectivity index is 0.000000211. The number of hydrogen-bond donors (Lipinski definition) is 7. The average molecular weight is 2150 g/mol. The number of sulfonamides is 3. The smallest absolute Gasteiger partial charge is 0.488 e. The number of carbonyl (C=O) groups excluding carboxylic acids is 3. The van der Waals surface area contributed by atoms with E-state index in [1.54, 1.807) is 161 Å². The van der Waals surface area contributed by atoms with Gasteiger partial charge in [0.15, 0.2) is 0 Å². The number of aromatic nitrogens is 4. The van der Waals surface area contributed by atoms with E-state index in [4.69, 9.17) is 25.3 Å². The maximum atomic E-state index is 14.0. The summed E-state index contributed by atoms with van der Waals surface area (Å²) >= 11 is 10.2. The van der Waals surface area contributed by atoms with Crippen LogP contribution in [0.25, 0.3) is 11.1 Å². The molecule has 5 atom stereocenters. The van der Waals surface area contributed by atoms with Gasteiger partial charge in [-0.05, 0) is 312 Å². The van der Waals surface area contributed by atoms with Crippen LogP contribution in [0, 0.1) is 67.3 Å². The van der Waals surface area contributed by atoms with Gasteiger partial charge >= 0.3 is 19.2 Å². The highest BCUT2D eigenvalue weighted by Crippen LogP contribution is 2.34. The largest absolute Gasteiger partial charge is 0.494 e. The Labute approximate surface area is 817 Å². The molecule has 0 unspecified atom stereocenters. The molecule has 0 radical (unpaired) electrons. The van der Waals surface area contributed by atoms with Gasteiger partial charge in [0, 0.05) is 95.3 Å². The third-order valence-electron chi connectivity index (χ3n) is 19.5. The van der Waals surface area contributed by atoms with Crippen molar-refractivity contribution >= 4 is 119 Å². The summed E-state index contributed by atoms with van der Waals surface area (Å²) in [5.41, 5.74) is 13.1. The van der Waals surface area contributed by atoms with Gasteiger partial charge in [0.25, 0.3) is 36.1 Å². The second-order valence-electron chi connectivity index (χ2n) is 31.0. The van der Waals surface area contributed by atoms with E-state index in [1.165, 1.54) is 54.9 Å². The molecule has 13 rings (SSSR count). The summed E-state index contributed by atoms with van der Waals surface area (Å²) in [5.74, 6) is -3.92. The molecule has 137 heavy (non-hydrogen) atoms. The highest BCUT2D eigenvalue weighted by molar-refractivity contribution is 9.11. The third-order valence-corrected chi connectivity index (χ3v) is 27.9. The predicted octanol–water partition coefficient (Wildman–Crippen LogP) is 19.3. The van der Waals surface area contributed by atoms with Gasteiger partial charge in [-0.15, -0.1) is 0 Å². The number of rotatable bonds is 28. The van der Waals surface area contributed by atoms with Crippen molar-refractivity contribution in [2.45, 2.75) is 125 Å². The Morgan fingerprint density at radius 3 is 1.16 bits per heavy atom. The molecule has 0 fully saturated rings. The Hall–Kier alpha value is -12.1. The number of urea groups is 2. The van der Waals surface area contributed by atoms with Crippen molar-refractivity contribution in [3.05, 3.63) is 389 Å². The molecule has 40 heteroatoms. The lowest BCUT2D eigenvalue weighted by atomic mass is 9.80. The minimum absolute atomic E-state index is 0.0257. The normalized spacial score (nSPS) is 12.2. The molecule has 0 aliphatic rings. The number of nitrogens with one attached hydrogen (secondary N) is 4. The number of isocyanates is 1. The first-order valence-electron chi connectivity index (χ1n) is 41.6. The third kappa shape index (κ3) is 35.2. The maximum Gasteiger partial charge on any atom is 0.488 e. The Bertz CT molecular complexity index is 6680. The maximum absolute atomic E-state index is 14.0. The van der Waals surface area contributed by atoms with Crippen molar-refractivity contribution in [3.63, 3.8) is 0 Å². The summed E-state index contributed by atoms with van der Waals surface area (Å²) < 4.78 is 214. The van der Waals surface area contributed by atoms with Crippen LogP contribution in [-0.2, 0) is 71.3 Å². The fourth-order valence-corrected chi connectivity index (χ4v) is 19.3. The number of nitrogens with two attached hydrogens (primary N) is 1. The van der Waals surface area contributed by atoms with E-state index in [-0.39, 0.29) is 49.3 Å². The average Bonchev–Trinajstić information content (AvgIpc) is 0.792. The number of aryl methyl sites for hydroxylation is 3. The molecule has 8 N–H and O–H groups in total. The van der Waals surface area contributed by atoms with Crippen LogP contribution in [0.4, 0.5) is 44.7 Å². The SMILES string of the molecule is CC(C)(C)[S@@](=O)C[C@@H](Cc1cc(F)cc(F)c1)c1ncccc1Br.CCOc1ccc(-c2cccnc2[C@H](Cc2cc(F)cc(F)c2)NC(=O)NS(=O)(=O)c2ccccc2C)cc1.CCOc1ccc(B(O)O)cc1.Cc1ccccc1S(=O)(=O)N=C=O.Cc1ccccc1S(=O)(=O)NC(=O)N[C@@H](Cc1cc(F)cc(F)c1)c1ncccc1Br.N[C@@H](Cc1cc(F)cc(F)c1)c1ncccc1Br. The molecule has 13 aromatic rings. The zero-order chi connectivity index (χ0) is 100. The van der Waals surface area contributed by atoms with Crippen molar-refractivity contribution in [2.75, 3.05) is 19.0 Å². The van der Waals surface area contributed by atoms with E-state index in [2.05, 4.69) is 82.8 Å². The van der Waals surface area contributed by atoms with E-state index in [0.717, 1.165) is 80.6 Å². The number of pyridine rings is 4. The first-order valence-corrected chi connectivity index (χ1v) is 49.7. The van der Waals surface area contributed by atoms with Gasteiger partial charge in [-0.1, -0.05) is 89.3 Å². The van der Waals surface area contributed by atoms with Gasteiger partial charge in [-0.2, -0.15) is 8.42 Å². The van der Waals surface area contributed by atoms with Gasteiger partial charge in [-0.25, -0.2) is 75.8 Å². The number of ether oxygens (including phenoxy) is 2. The van der Waals surface area contributed by atoms with Crippen molar-refractivity contribution in [2.24, 2.45) is 10.1 Å². The van der Waals surface area contributed by atoms with Gasteiger partial charge < -0.3 is 35.9 Å². The number of hydrogen-bond acceptors (Lipinski definition) is 19. The lowest BCUT2D eigenvalue weighted by Gasteiger charge is -2.23. The number of carbonyl (C=O) groups is 2. The first kappa shape index (κ1) is 110. The lowest BCUT2D eigenvalue weighted by molar-refractivity contribution is 0.240. The summed E-state index contributed by atoms with van der Waals surface area (Å²) in [6.07, 6.45) is 7.93. The van der Waals surface area contributed by atoms with Crippen molar-refractivity contribution in [1.29, 1.82) is 0 Å². The van der Waals surface area contributed by atoms with Gasteiger partial charge in [-0.3, -0.25) is 24.1 Å². The van der Waals surface area contributed by atoms with E-state index in [0.29, 0.717) is 98.0 Å². The quantitative estimate of drug-likeness (QED) is 0.0104. The zero-order valence-corrected chi connectivity index (χ0v) is 82.7. The number of amides is 4. The molecular weight excluding hydrogens is 2060 g/mol. The van der Waals surface area contributed by atoms with E-state index < -0.39 is 125 Å². The van der Waals surface area contributed by atoms with E-state index in [1.807, 2.05) is 68.3 Å².